The lowest BCUT2D eigenvalue weighted by atomic mass is 10.2. The van der Waals surface area contributed by atoms with Crippen LogP contribution in [0.1, 0.15) is 10.5 Å². The molecule has 10 heteroatoms. The molecule has 1 aliphatic heterocycles. The zero-order chi connectivity index (χ0) is 23.7. The van der Waals surface area contributed by atoms with E-state index in [-0.39, 0.29) is 5.91 Å². The predicted octanol–water partition coefficient (Wildman–Crippen LogP) is 2.38. The quantitative estimate of drug-likeness (QED) is 0.484. The number of fused-ring (bicyclic) bond motifs is 1. The summed E-state index contributed by atoms with van der Waals surface area (Å²) >= 11 is 0. The highest BCUT2D eigenvalue weighted by atomic mass is 16.5. The first-order valence-corrected chi connectivity index (χ1v) is 10.9. The van der Waals surface area contributed by atoms with Crippen LogP contribution in [0.15, 0.2) is 54.7 Å². The van der Waals surface area contributed by atoms with Gasteiger partial charge in [0, 0.05) is 43.8 Å². The Hall–Kier alpha value is -4.34. The number of anilines is 2. The van der Waals surface area contributed by atoms with Gasteiger partial charge in [0.1, 0.15) is 5.82 Å². The van der Waals surface area contributed by atoms with E-state index < -0.39 is 0 Å². The van der Waals surface area contributed by atoms with Crippen LogP contribution in [-0.4, -0.2) is 71.0 Å². The fourth-order valence-electron chi connectivity index (χ4n) is 4.04. The zero-order valence-electron chi connectivity index (χ0n) is 19.0. The zero-order valence-corrected chi connectivity index (χ0v) is 19.0. The largest absolute Gasteiger partial charge is 0.493 e. The number of carbonyl (C=O) groups is 1. The van der Waals surface area contributed by atoms with E-state index in [9.17, 15) is 4.79 Å². The maximum absolute atomic E-state index is 13.0. The first kappa shape index (κ1) is 21.5. The standard InChI is InChI=1S/C24H25N7O3/c1-33-20-14-17-19(15-21(20)34-2)26-24(27-22(17)25)30-12-10-29(11-13-30)23(32)18-8-9-31(28-18)16-6-4-3-5-7-16/h3-9,14-15H,10-13H2,1-2H3,(H2,25,26,27). The topological polar surface area (TPSA) is 112 Å². The van der Waals surface area contributed by atoms with Gasteiger partial charge in [0.2, 0.25) is 5.95 Å². The predicted molar refractivity (Wildman–Crippen MR) is 129 cm³/mol. The molecule has 1 fully saturated rings. The van der Waals surface area contributed by atoms with E-state index in [2.05, 4.69) is 15.1 Å². The van der Waals surface area contributed by atoms with Crippen molar-refractivity contribution in [2.24, 2.45) is 0 Å². The minimum absolute atomic E-state index is 0.0925. The Bertz CT molecular complexity index is 1330. The molecule has 5 rings (SSSR count). The molecule has 0 saturated carbocycles. The second kappa shape index (κ2) is 8.89. The highest BCUT2D eigenvalue weighted by molar-refractivity contribution is 5.93. The van der Waals surface area contributed by atoms with Gasteiger partial charge in [-0.3, -0.25) is 4.79 Å². The van der Waals surface area contributed by atoms with Crippen LogP contribution in [0.4, 0.5) is 11.8 Å². The lowest BCUT2D eigenvalue weighted by molar-refractivity contribution is 0.0740. The van der Waals surface area contributed by atoms with E-state index in [4.69, 9.17) is 15.2 Å². The molecular weight excluding hydrogens is 434 g/mol. The molecule has 0 aliphatic carbocycles. The van der Waals surface area contributed by atoms with E-state index in [1.54, 1.807) is 48.2 Å². The summed E-state index contributed by atoms with van der Waals surface area (Å²) in [4.78, 5) is 26.0. The van der Waals surface area contributed by atoms with Gasteiger partial charge in [0.05, 0.1) is 25.4 Å². The molecule has 1 saturated heterocycles. The molecule has 4 aromatic rings. The van der Waals surface area contributed by atoms with Crippen molar-refractivity contribution in [3.05, 3.63) is 60.4 Å². The number of rotatable bonds is 5. The number of amides is 1. The van der Waals surface area contributed by atoms with Gasteiger partial charge in [-0.15, -0.1) is 0 Å². The highest BCUT2D eigenvalue weighted by Crippen LogP contribution is 2.34. The summed E-state index contributed by atoms with van der Waals surface area (Å²) in [6.07, 6.45) is 1.80. The molecular formula is C24H25N7O3. The van der Waals surface area contributed by atoms with Gasteiger partial charge >= 0.3 is 0 Å². The van der Waals surface area contributed by atoms with Crippen LogP contribution < -0.4 is 20.1 Å². The van der Waals surface area contributed by atoms with Crippen LogP contribution in [0.25, 0.3) is 16.6 Å². The molecule has 1 amide bonds. The van der Waals surface area contributed by atoms with E-state index in [1.165, 1.54) is 0 Å². The molecule has 3 heterocycles. The van der Waals surface area contributed by atoms with Crippen molar-refractivity contribution in [3.63, 3.8) is 0 Å². The number of hydrogen-bond donors (Lipinski definition) is 1. The van der Waals surface area contributed by atoms with E-state index >= 15 is 0 Å². The van der Waals surface area contributed by atoms with E-state index in [0.717, 1.165) is 5.69 Å². The molecule has 0 atom stereocenters. The number of benzene rings is 2. The van der Waals surface area contributed by atoms with Crippen molar-refractivity contribution in [1.29, 1.82) is 0 Å². The Morgan fingerprint density at radius 1 is 0.941 bits per heavy atom. The van der Waals surface area contributed by atoms with Crippen molar-refractivity contribution in [2.45, 2.75) is 0 Å². The van der Waals surface area contributed by atoms with Crippen LogP contribution in [0.2, 0.25) is 0 Å². The minimum atomic E-state index is -0.0925. The fourth-order valence-corrected chi connectivity index (χ4v) is 4.04. The number of carbonyl (C=O) groups excluding carboxylic acids is 1. The first-order chi connectivity index (χ1) is 16.6. The summed E-state index contributed by atoms with van der Waals surface area (Å²) in [5.74, 6) is 1.94. The maximum atomic E-state index is 13.0. The van der Waals surface area contributed by atoms with E-state index in [0.29, 0.717) is 66.0 Å². The molecule has 2 aromatic carbocycles. The minimum Gasteiger partial charge on any atom is -0.493 e. The summed E-state index contributed by atoms with van der Waals surface area (Å²) < 4.78 is 12.4. The van der Waals surface area contributed by atoms with E-state index in [1.807, 2.05) is 35.2 Å². The van der Waals surface area contributed by atoms with Gasteiger partial charge in [-0.2, -0.15) is 10.1 Å². The van der Waals surface area contributed by atoms with Gasteiger partial charge in [0.15, 0.2) is 17.2 Å². The van der Waals surface area contributed by atoms with Crippen molar-refractivity contribution in [3.8, 4) is 17.2 Å². The molecule has 174 valence electrons. The van der Waals surface area contributed by atoms with Crippen molar-refractivity contribution >= 4 is 28.6 Å². The van der Waals surface area contributed by atoms with Crippen LogP contribution >= 0.6 is 0 Å². The summed E-state index contributed by atoms with van der Waals surface area (Å²) in [6.45, 7) is 2.24. The normalized spacial score (nSPS) is 13.8. The lowest BCUT2D eigenvalue weighted by Crippen LogP contribution is -2.49. The summed E-state index contributed by atoms with van der Waals surface area (Å²) in [5.41, 5.74) is 8.23. The molecule has 2 aromatic heterocycles. The number of para-hydroxylation sites is 1. The number of hydrogen-bond acceptors (Lipinski definition) is 8. The van der Waals surface area contributed by atoms with Crippen LogP contribution in [0.5, 0.6) is 11.5 Å². The Labute approximate surface area is 196 Å². The Morgan fingerprint density at radius 3 is 2.35 bits per heavy atom. The molecule has 2 N–H and O–H groups in total. The molecule has 34 heavy (non-hydrogen) atoms. The second-order valence-electron chi connectivity index (χ2n) is 7.89. The lowest BCUT2D eigenvalue weighted by Gasteiger charge is -2.34. The van der Waals surface area contributed by atoms with Crippen molar-refractivity contribution in [1.82, 2.24) is 24.6 Å². The van der Waals surface area contributed by atoms with Gasteiger partial charge in [-0.25, -0.2) is 9.67 Å². The molecule has 0 radical (unpaired) electrons. The SMILES string of the molecule is COc1cc2nc(N3CCN(C(=O)c4ccn(-c5ccccc5)n4)CC3)nc(N)c2cc1OC. The van der Waals surface area contributed by atoms with Crippen LogP contribution in [0, 0.1) is 0 Å². The van der Waals surface area contributed by atoms with Crippen molar-refractivity contribution in [2.75, 3.05) is 51.0 Å². The molecule has 0 unspecified atom stereocenters. The maximum Gasteiger partial charge on any atom is 0.274 e. The third-order valence-corrected chi connectivity index (χ3v) is 5.90. The number of ether oxygens (including phenoxy) is 2. The van der Waals surface area contributed by atoms with Crippen LogP contribution in [0.3, 0.4) is 0 Å². The highest BCUT2D eigenvalue weighted by Gasteiger charge is 2.25. The molecule has 1 aliphatic rings. The fraction of sp³-hybridized carbons (Fsp3) is 0.250. The third-order valence-electron chi connectivity index (χ3n) is 5.90. The Balaban J connectivity index is 1.30. The number of aromatic nitrogens is 4. The number of nitrogens with zero attached hydrogens (tertiary/aromatic N) is 6. The molecule has 10 nitrogen and oxygen atoms in total. The Morgan fingerprint density at radius 2 is 1.65 bits per heavy atom. The van der Waals surface area contributed by atoms with Gasteiger partial charge < -0.3 is 25.0 Å². The van der Waals surface area contributed by atoms with Crippen molar-refractivity contribution < 1.29 is 14.3 Å². The Kier molecular flexibility index (Phi) is 5.62. The average molecular weight is 460 g/mol. The van der Waals surface area contributed by atoms with Gasteiger partial charge in [-0.05, 0) is 24.3 Å². The van der Waals surface area contributed by atoms with Crippen LogP contribution in [-0.2, 0) is 0 Å². The monoisotopic (exact) mass is 459 g/mol. The summed E-state index contributed by atoms with van der Waals surface area (Å²) in [6, 6.07) is 15.0. The first-order valence-electron chi connectivity index (χ1n) is 10.9. The average Bonchev–Trinajstić information content (AvgIpc) is 3.38. The number of methoxy groups -OCH3 is 2. The molecule has 0 bridgehead atoms. The molecule has 0 spiro atoms. The summed E-state index contributed by atoms with van der Waals surface area (Å²) in [5, 5.41) is 5.16. The summed E-state index contributed by atoms with van der Waals surface area (Å²) in [7, 11) is 3.15. The van der Waals surface area contributed by atoms with Gasteiger partial charge in [0.25, 0.3) is 5.91 Å². The number of nitrogen functional groups attached to an aromatic ring is 1. The third kappa shape index (κ3) is 3.94. The number of piperazine rings is 1. The smallest absolute Gasteiger partial charge is 0.274 e. The van der Waals surface area contributed by atoms with Gasteiger partial charge in [-0.1, -0.05) is 18.2 Å². The second-order valence-corrected chi connectivity index (χ2v) is 7.89. The number of nitrogens with two attached hydrogens (primary N) is 1.